The third-order valence-electron chi connectivity index (χ3n) is 6.56. The Morgan fingerprint density at radius 3 is 2.19 bits per heavy atom. The van der Waals surface area contributed by atoms with E-state index in [4.69, 9.17) is 4.74 Å². The zero-order valence-electron chi connectivity index (χ0n) is 22.0. The van der Waals surface area contributed by atoms with Crippen molar-refractivity contribution in [3.63, 3.8) is 0 Å². The lowest BCUT2D eigenvalue weighted by atomic mass is 10.0. The molecular weight excluding hydrogens is 446 g/mol. The van der Waals surface area contributed by atoms with Crippen molar-refractivity contribution in [3.05, 3.63) is 60.3 Å². The first-order chi connectivity index (χ1) is 17.7. The van der Waals surface area contributed by atoms with E-state index in [1.165, 1.54) is 89.0 Å². The normalized spacial score (nSPS) is 11.0. The van der Waals surface area contributed by atoms with Gasteiger partial charge in [-0.1, -0.05) is 96.1 Å². The van der Waals surface area contributed by atoms with E-state index in [0.717, 1.165) is 23.2 Å². The zero-order valence-corrected chi connectivity index (χ0v) is 22.0. The van der Waals surface area contributed by atoms with Gasteiger partial charge in [-0.25, -0.2) is 4.98 Å². The van der Waals surface area contributed by atoms with Crippen LogP contribution in [0.5, 0.6) is 5.75 Å². The van der Waals surface area contributed by atoms with E-state index in [-0.39, 0.29) is 12.5 Å². The van der Waals surface area contributed by atoms with Crippen LogP contribution in [0.25, 0.3) is 11.0 Å². The highest BCUT2D eigenvalue weighted by atomic mass is 16.5. The fourth-order valence-electron chi connectivity index (χ4n) is 4.49. The minimum absolute atomic E-state index is 0.0467. The van der Waals surface area contributed by atoms with Crippen LogP contribution in [0.3, 0.4) is 0 Å². The Hall–Kier alpha value is -2.95. The third-order valence-corrected chi connectivity index (χ3v) is 6.56. The summed E-state index contributed by atoms with van der Waals surface area (Å²) in [6.07, 6.45) is 20.5. The molecule has 194 valence electrons. The number of benzene rings is 1. The molecule has 0 aliphatic rings. The van der Waals surface area contributed by atoms with E-state index in [2.05, 4.69) is 28.3 Å². The number of aryl methyl sites for hydroxylation is 1. The van der Waals surface area contributed by atoms with Crippen molar-refractivity contribution in [3.8, 4) is 5.75 Å². The minimum Gasteiger partial charge on any atom is -0.484 e. The summed E-state index contributed by atoms with van der Waals surface area (Å²) < 4.78 is 5.73. The van der Waals surface area contributed by atoms with Crippen molar-refractivity contribution in [1.29, 1.82) is 0 Å². The second-order valence-electron chi connectivity index (χ2n) is 9.72. The van der Waals surface area contributed by atoms with Crippen LogP contribution in [-0.2, 0) is 11.2 Å². The standard InChI is InChI=1S/C31H43N3O2/c1-2-3-4-5-6-7-8-9-10-11-12-13-14-17-26-18-15-19-27(24-26)36-25-31(35)34-30-22-21-28-29(33-30)20-16-23-32-28/h15-16,18-24H,2-14,17,25H2,1H3,(H,33,34,35). The van der Waals surface area contributed by atoms with Gasteiger partial charge in [-0.3, -0.25) is 9.78 Å². The first-order valence-electron chi connectivity index (χ1n) is 14.0. The molecule has 0 saturated heterocycles. The summed E-state index contributed by atoms with van der Waals surface area (Å²) in [7, 11) is 0. The number of hydrogen-bond donors (Lipinski definition) is 1. The molecule has 3 aromatic rings. The molecule has 36 heavy (non-hydrogen) atoms. The smallest absolute Gasteiger partial charge is 0.263 e. The highest BCUT2D eigenvalue weighted by Crippen LogP contribution is 2.18. The number of pyridine rings is 2. The van der Waals surface area contributed by atoms with Crippen molar-refractivity contribution in [1.82, 2.24) is 9.97 Å². The van der Waals surface area contributed by atoms with Crippen LogP contribution in [0.15, 0.2) is 54.7 Å². The van der Waals surface area contributed by atoms with Crippen molar-refractivity contribution >= 4 is 22.8 Å². The average molecular weight is 490 g/mol. The molecule has 0 aliphatic carbocycles. The van der Waals surface area contributed by atoms with Gasteiger partial charge in [0.15, 0.2) is 6.61 Å². The highest BCUT2D eigenvalue weighted by Gasteiger charge is 2.06. The monoisotopic (exact) mass is 489 g/mol. The van der Waals surface area contributed by atoms with E-state index >= 15 is 0 Å². The van der Waals surface area contributed by atoms with Crippen LogP contribution in [-0.4, -0.2) is 22.5 Å². The molecule has 2 aromatic heterocycles. The SMILES string of the molecule is CCCCCCCCCCCCCCCc1cccc(OCC(=O)Nc2ccc3ncccc3n2)c1. The van der Waals surface area contributed by atoms with Crippen LogP contribution >= 0.6 is 0 Å². The summed E-state index contributed by atoms with van der Waals surface area (Å²) in [5.41, 5.74) is 2.81. The van der Waals surface area contributed by atoms with Gasteiger partial charge in [-0.15, -0.1) is 0 Å². The van der Waals surface area contributed by atoms with Crippen molar-refractivity contribution in [2.24, 2.45) is 0 Å². The summed E-state index contributed by atoms with van der Waals surface area (Å²) >= 11 is 0. The molecule has 3 rings (SSSR count). The number of anilines is 1. The molecular formula is C31H43N3O2. The fraction of sp³-hybridized carbons (Fsp3) is 0.516. The Morgan fingerprint density at radius 2 is 1.47 bits per heavy atom. The van der Waals surface area contributed by atoms with Crippen LogP contribution in [0.1, 0.15) is 96.0 Å². The van der Waals surface area contributed by atoms with Gasteiger partial charge in [0.05, 0.1) is 11.0 Å². The highest BCUT2D eigenvalue weighted by molar-refractivity contribution is 5.92. The summed E-state index contributed by atoms with van der Waals surface area (Å²) in [6, 6.07) is 15.4. The molecule has 1 N–H and O–H groups in total. The lowest BCUT2D eigenvalue weighted by Gasteiger charge is -2.09. The van der Waals surface area contributed by atoms with Gasteiger partial charge in [-0.2, -0.15) is 0 Å². The summed E-state index contributed by atoms with van der Waals surface area (Å²) in [5.74, 6) is 1.00. The number of amides is 1. The predicted octanol–water partition coefficient (Wildman–Crippen LogP) is 8.28. The first-order valence-corrected chi connectivity index (χ1v) is 14.0. The number of rotatable bonds is 18. The lowest BCUT2D eigenvalue weighted by Crippen LogP contribution is -2.20. The van der Waals surface area contributed by atoms with Crippen molar-refractivity contribution in [2.45, 2.75) is 96.8 Å². The molecule has 0 bridgehead atoms. The zero-order chi connectivity index (χ0) is 25.3. The molecule has 5 nitrogen and oxygen atoms in total. The maximum absolute atomic E-state index is 12.3. The molecule has 0 atom stereocenters. The Kier molecular flexibility index (Phi) is 12.8. The predicted molar refractivity (Wildman–Crippen MR) is 150 cm³/mol. The maximum atomic E-state index is 12.3. The van der Waals surface area contributed by atoms with Gasteiger partial charge in [-0.05, 0) is 54.8 Å². The molecule has 0 fully saturated rings. The van der Waals surface area contributed by atoms with E-state index in [1.807, 2.05) is 36.4 Å². The average Bonchev–Trinajstić information content (AvgIpc) is 2.90. The van der Waals surface area contributed by atoms with E-state index < -0.39 is 0 Å². The Morgan fingerprint density at radius 1 is 0.778 bits per heavy atom. The number of nitrogens with one attached hydrogen (secondary N) is 1. The van der Waals surface area contributed by atoms with Crippen LogP contribution in [0.4, 0.5) is 5.82 Å². The van der Waals surface area contributed by atoms with Gasteiger partial charge in [0, 0.05) is 6.20 Å². The quantitative estimate of drug-likeness (QED) is 0.183. The van der Waals surface area contributed by atoms with Gasteiger partial charge >= 0.3 is 0 Å². The Balaban J connectivity index is 1.25. The van der Waals surface area contributed by atoms with Crippen LogP contribution < -0.4 is 10.1 Å². The molecule has 5 heteroatoms. The lowest BCUT2D eigenvalue weighted by molar-refractivity contribution is -0.118. The number of carbonyl (C=O) groups is 1. The minimum atomic E-state index is -0.229. The fourth-order valence-corrected chi connectivity index (χ4v) is 4.49. The summed E-state index contributed by atoms with van der Waals surface area (Å²) in [5, 5.41) is 2.80. The second-order valence-corrected chi connectivity index (χ2v) is 9.72. The summed E-state index contributed by atoms with van der Waals surface area (Å²) in [6.45, 7) is 2.23. The van der Waals surface area contributed by atoms with Crippen molar-refractivity contribution < 1.29 is 9.53 Å². The topological polar surface area (TPSA) is 64.1 Å². The molecule has 1 aromatic carbocycles. The van der Waals surface area contributed by atoms with Gasteiger partial charge < -0.3 is 10.1 Å². The van der Waals surface area contributed by atoms with Gasteiger partial charge in [0.2, 0.25) is 0 Å². The largest absolute Gasteiger partial charge is 0.484 e. The molecule has 0 unspecified atom stereocenters. The molecule has 1 amide bonds. The maximum Gasteiger partial charge on any atom is 0.263 e. The van der Waals surface area contributed by atoms with Gasteiger partial charge in [0.25, 0.3) is 5.91 Å². The van der Waals surface area contributed by atoms with Crippen molar-refractivity contribution in [2.75, 3.05) is 11.9 Å². The number of carbonyl (C=O) groups excluding carboxylic acids is 1. The van der Waals surface area contributed by atoms with Crippen LogP contribution in [0.2, 0.25) is 0 Å². The number of fused-ring (bicyclic) bond motifs is 1. The van der Waals surface area contributed by atoms with Gasteiger partial charge in [0.1, 0.15) is 11.6 Å². The number of nitrogens with zero attached hydrogens (tertiary/aromatic N) is 2. The molecule has 0 aliphatic heterocycles. The van der Waals surface area contributed by atoms with Crippen LogP contribution in [0, 0.1) is 0 Å². The number of ether oxygens (including phenoxy) is 1. The molecule has 0 saturated carbocycles. The first kappa shape index (κ1) is 27.6. The van der Waals surface area contributed by atoms with E-state index in [0.29, 0.717) is 5.82 Å². The number of aromatic nitrogens is 2. The van der Waals surface area contributed by atoms with E-state index in [1.54, 1.807) is 12.3 Å². The Labute approximate surface area is 217 Å². The molecule has 0 radical (unpaired) electrons. The second kappa shape index (κ2) is 16.7. The third kappa shape index (κ3) is 10.8. The summed E-state index contributed by atoms with van der Waals surface area (Å²) in [4.78, 5) is 21.0. The number of unbranched alkanes of at least 4 members (excludes halogenated alkanes) is 12. The van der Waals surface area contributed by atoms with E-state index in [9.17, 15) is 4.79 Å². The number of hydrogen-bond acceptors (Lipinski definition) is 4. The molecule has 0 spiro atoms. The Bertz CT molecular complexity index is 1040. The molecule has 2 heterocycles.